The van der Waals surface area contributed by atoms with Crippen LogP contribution in [0.3, 0.4) is 0 Å². The first-order chi connectivity index (χ1) is 8.70. The highest BCUT2D eigenvalue weighted by molar-refractivity contribution is 4.96. The van der Waals surface area contributed by atoms with Crippen molar-refractivity contribution in [1.29, 1.82) is 0 Å². The van der Waals surface area contributed by atoms with E-state index in [1.165, 1.54) is 12.8 Å². The Hall–Kier alpha value is -0.870. The second-order valence-corrected chi connectivity index (χ2v) is 5.43. The Morgan fingerprint density at radius 2 is 2.11 bits per heavy atom. The highest BCUT2D eigenvalue weighted by Gasteiger charge is 2.37. The molecule has 1 aliphatic heterocycles. The number of rotatable bonds is 5. The fourth-order valence-electron chi connectivity index (χ4n) is 3.00. The summed E-state index contributed by atoms with van der Waals surface area (Å²) in [5, 5.41) is 7.93. The van der Waals surface area contributed by atoms with E-state index in [-0.39, 0.29) is 0 Å². The molecule has 18 heavy (non-hydrogen) atoms. The van der Waals surface area contributed by atoms with Crippen molar-refractivity contribution in [1.82, 2.24) is 20.0 Å². The van der Waals surface area contributed by atoms with E-state index in [1.807, 2.05) is 23.1 Å². The molecule has 0 amide bonds. The topological polar surface area (TPSA) is 33.1 Å². The largest absolute Gasteiger partial charge is 0.311 e. The fourth-order valence-corrected chi connectivity index (χ4v) is 3.00. The molecule has 0 aliphatic carbocycles. The van der Waals surface area contributed by atoms with Gasteiger partial charge in [0.25, 0.3) is 0 Å². The van der Waals surface area contributed by atoms with Crippen molar-refractivity contribution in [3.8, 4) is 0 Å². The predicted octanol–water partition coefficient (Wildman–Crippen LogP) is 1.74. The van der Waals surface area contributed by atoms with E-state index in [4.69, 9.17) is 0 Å². The molecule has 1 fully saturated rings. The smallest absolute Gasteiger partial charge is 0.0536 e. The minimum absolute atomic E-state index is 0.333. The Morgan fingerprint density at radius 1 is 1.33 bits per heavy atom. The van der Waals surface area contributed by atoms with E-state index in [9.17, 15) is 0 Å². The molecular weight excluding hydrogens is 224 g/mol. The quantitative estimate of drug-likeness (QED) is 0.864. The first-order valence-corrected chi connectivity index (χ1v) is 7.16. The summed E-state index contributed by atoms with van der Waals surface area (Å²) in [6.07, 6.45) is 6.32. The van der Waals surface area contributed by atoms with Crippen LogP contribution in [0.1, 0.15) is 33.6 Å². The lowest BCUT2D eigenvalue weighted by Crippen LogP contribution is -2.64. The molecule has 4 nitrogen and oxygen atoms in total. The first kappa shape index (κ1) is 13.6. The van der Waals surface area contributed by atoms with E-state index in [2.05, 4.69) is 36.1 Å². The summed E-state index contributed by atoms with van der Waals surface area (Å²) in [6.45, 7) is 11.2. The lowest BCUT2D eigenvalue weighted by atomic mass is 9.87. The van der Waals surface area contributed by atoms with Gasteiger partial charge in [0.1, 0.15) is 0 Å². The monoisotopic (exact) mass is 250 g/mol. The van der Waals surface area contributed by atoms with Crippen molar-refractivity contribution in [2.45, 2.75) is 51.7 Å². The Balaban J connectivity index is 2.01. The van der Waals surface area contributed by atoms with Crippen molar-refractivity contribution in [2.75, 3.05) is 19.6 Å². The summed E-state index contributed by atoms with van der Waals surface area (Å²) in [7, 11) is 0. The maximum absolute atomic E-state index is 4.29. The minimum atomic E-state index is 0.333. The third kappa shape index (κ3) is 2.75. The van der Waals surface area contributed by atoms with Crippen molar-refractivity contribution in [3.05, 3.63) is 18.5 Å². The lowest BCUT2D eigenvalue weighted by Gasteiger charge is -2.49. The first-order valence-electron chi connectivity index (χ1n) is 7.16. The molecule has 0 bridgehead atoms. The van der Waals surface area contributed by atoms with Crippen LogP contribution in [-0.4, -0.2) is 45.9 Å². The molecule has 1 saturated heterocycles. The van der Waals surface area contributed by atoms with Crippen LogP contribution in [0.2, 0.25) is 0 Å². The predicted molar refractivity (Wildman–Crippen MR) is 74.6 cm³/mol. The molecule has 2 heterocycles. The molecular formula is C14H26N4. The van der Waals surface area contributed by atoms with Gasteiger partial charge in [-0.05, 0) is 25.8 Å². The van der Waals surface area contributed by atoms with Gasteiger partial charge in [-0.1, -0.05) is 13.8 Å². The number of aromatic nitrogens is 2. The van der Waals surface area contributed by atoms with Gasteiger partial charge in [0.05, 0.1) is 6.54 Å². The van der Waals surface area contributed by atoms with Gasteiger partial charge in [0.15, 0.2) is 0 Å². The van der Waals surface area contributed by atoms with Gasteiger partial charge in [-0.3, -0.25) is 9.58 Å². The number of hydrogen-bond donors (Lipinski definition) is 1. The zero-order valence-corrected chi connectivity index (χ0v) is 11.9. The van der Waals surface area contributed by atoms with Crippen LogP contribution in [0.15, 0.2) is 18.5 Å². The molecule has 1 aliphatic rings. The van der Waals surface area contributed by atoms with Gasteiger partial charge in [-0.15, -0.1) is 0 Å². The van der Waals surface area contributed by atoms with Crippen molar-refractivity contribution < 1.29 is 0 Å². The summed E-state index contributed by atoms with van der Waals surface area (Å²) in [4.78, 5) is 2.66. The molecule has 0 radical (unpaired) electrons. The minimum Gasteiger partial charge on any atom is -0.311 e. The summed E-state index contributed by atoms with van der Waals surface area (Å²) < 4.78 is 2.03. The second kappa shape index (κ2) is 5.85. The molecule has 2 rings (SSSR count). The van der Waals surface area contributed by atoms with Gasteiger partial charge in [0.2, 0.25) is 0 Å². The van der Waals surface area contributed by atoms with Gasteiger partial charge >= 0.3 is 0 Å². The van der Waals surface area contributed by atoms with Crippen LogP contribution in [0.25, 0.3) is 0 Å². The van der Waals surface area contributed by atoms with E-state index >= 15 is 0 Å². The SMILES string of the molecule is CCC1(CC)CNC(C)CN1CCn1cccn1. The molecule has 0 spiro atoms. The highest BCUT2D eigenvalue weighted by atomic mass is 15.3. The molecule has 1 aromatic heterocycles. The third-order valence-corrected chi connectivity index (χ3v) is 4.42. The Morgan fingerprint density at radius 3 is 2.72 bits per heavy atom. The summed E-state index contributed by atoms with van der Waals surface area (Å²) in [6, 6.07) is 2.58. The number of hydrogen-bond acceptors (Lipinski definition) is 3. The second-order valence-electron chi connectivity index (χ2n) is 5.43. The Kier molecular flexibility index (Phi) is 4.40. The van der Waals surface area contributed by atoms with Gasteiger partial charge in [-0.2, -0.15) is 5.10 Å². The fraction of sp³-hybridized carbons (Fsp3) is 0.786. The van der Waals surface area contributed by atoms with Crippen molar-refractivity contribution >= 4 is 0 Å². The molecule has 1 aromatic rings. The molecule has 102 valence electrons. The van der Waals surface area contributed by atoms with E-state index in [0.29, 0.717) is 11.6 Å². The Labute approximate surface area is 110 Å². The van der Waals surface area contributed by atoms with Crippen LogP contribution in [0.5, 0.6) is 0 Å². The zero-order valence-electron chi connectivity index (χ0n) is 11.9. The van der Waals surface area contributed by atoms with Crippen molar-refractivity contribution in [2.24, 2.45) is 0 Å². The highest BCUT2D eigenvalue weighted by Crippen LogP contribution is 2.26. The zero-order chi connectivity index (χ0) is 13.0. The number of nitrogens with zero attached hydrogens (tertiary/aromatic N) is 3. The molecule has 0 saturated carbocycles. The maximum atomic E-state index is 4.29. The standard InChI is InChI=1S/C14H26N4/c1-4-14(5-2)12-15-13(3)11-17(14)9-10-18-8-6-7-16-18/h6-8,13,15H,4-5,9-12H2,1-3H3. The number of piperazine rings is 1. The van der Waals surface area contributed by atoms with Gasteiger partial charge in [0, 0.05) is 43.6 Å². The van der Waals surface area contributed by atoms with E-state index < -0.39 is 0 Å². The van der Waals surface area contributed by atoms with Crippen LogP contribution in [0.4, 0.5) is 0 Å². The van der Waals surface area contributed by atoms with Crippen molar-refractivity contribution in [3.63, 3.8) is 0 Å². The van der Waals surface area contributed by atoms with Crippen LogP contribution >= 0.6 is 0 Å². The normalized spacial score (nSPS) is 24.3. The van der Waals surface area contributed by atoms with Crippen LogP contribution in [-0.2, 0) is 6.54 Å². The van der Waals surface area contributed by atoms with Crippen LogP contribution in [0, 0.1) is 0 Å². The molecule has 1 atom stereocenters. The third-order valence-electron chi connectivity index (χ3n) is 4.42. The molecule has 4 heteroatoms. The molecule has 1 N–H and O–H groups in total. The average Bonchev–Trinajstić information content (AvgIpc) is 2.90. The summed E-state index contributed by atoms with van der Waals surface area (Å²) in [5.74, 6) is 0. The van der Waals surface area contributed by atoms with Crippen LogP contribution < -0.4 is 5.32 Å². The van der Waals surface area contributed by atoms with E-state index in [1.54, 1.807) is 0 Å². The maximum Gasteiger partial charge on any atom is 0.0536 e. The van der Waals surface area contributed by atoms with E-state index in [0.717, 1.165) is 26.2 Å². The Bertz CT molecular complexity index is 343. The summed E-state index contributed by atoms with van der Waals surface area (Å²) >= 11 is 0. The average molecular weight is 250 g/mol. The molecule has 1 unspecified atom stereocenters. The number of nitrogens with one attached hydrogen (secondary N) is 1. The summed E-state index contributed by atoms with van der Waals surface area (Å²) in [5.41, 5.74) is 0.333. The van der Waals surface area contributed by atoms with Gasteiger partial charge < -0.3 is 5.32 Å². The lowest BCUT2D eigenvalue weighted by molar-refractivity contribution is 0.0313. The van der Waals surface area contributed by atoms with Gasteiger partial charge in [-0.25, -0.2) is 0 Å². The molecule has 0 aromatic carbocycles.